The lowest BCUT2D eigenvalue weighted by molar-refractivity contribution is -0.122. The van der Waals surface area contributed by atoms with E-state index in [2.05, 4.69) is 47.0 Å². The number of amides is 3. The standard InChI is InChI=1S/C21H21IN2O3/c1-3-9-24-20(25)18(23-21(24)26)12-15-7-8-19(17(22)11-15)27-13-16-6-4-5-14(2)10-16/h4-8,10-12H,3,9,13H2,1-2H3,(H,23,26)/b18-12+. The van der Waals surface area contributed by atoms with E-state index in [1.54, 1.807) is 6.08 Å². The van der Waals surface area contributed by atoms with Crippen LogP contribution in [0.2, 0.25) is 0 Å². The van der Waals surface area contributed by atoms with Crippen LogP contribution in [0.1, 0.15) is 30.0 Å². The van der Waals surface area contributed by atoms with Crippen LogP contribution in [0.25, 0.3) is 6.08 Å². The summed E-state index contributed by atoms with van der Waals surface area (Å²) < 4.78 is 6.86. The first-order valence-electron chi connectivity index (χ1n) is 8.80. The minimum atomic E-state index is -0.360. The van der Waals surface area contributed by atoms with Crippen LogP contribution in [-0.4, -0.2) is 23.4 Å². The van der Waals surface area contributed by atoms with Gasteiger partial charge in [-0.15, -0.1) is 0 Å². The van der Waals surface area contributed by atoms with Crippen molar-refractivity contribution in [3.05, 3.63) is 68.4 Å². The van der Waals surface area contributed by atoms with Gasteiger partial charge < -0.3 is 10.1 Å². The Morgan fingerprint density at radius 3 is 2.70 bits per heavy atom. The largest absolute Gasteiger partial charge is 0.488 e. The summed E-state index contributed by atoms with van der Waals surface area (Å²) in [5.74, 6) is 0.505. The summed E-state index contributed by atoms with van der Waals surface area (Å²) in [5, 5.41) is 2.64. The molecule has 27 heavy (non-hydrogen) atoms. The van der Waals surface area contributed by atoms with Gasteiger partial charge in [0.2, 0.25) is 0 Å². The fourth-order valence-electron chi connectivity index (χ4n) is 2.85. The molecule has 0 atom stereocenters. The maximum atomic E-state index is 12.3. The van der Waals surface area contributed by atoms with Crippen molar-refractivity contribution in [2.45, 2.75) is 26.9 Å². The Hall–Kier alpha value is -2.35. The quantitative estimate of drug-likeness (QED) is 0.380. The zero-order chi connectivity index (χ0) is 19.4. The lowest BCUT2D eigenvalue weighted by atomic mass is 10.1. The number of rotatable bonds is 6. The van der Waals surface area contributed by atoms with E-state index in [4.69, 9.17) is 4.74 Å². The smallest absolute Gasteiger partial charge is 0.329 e. The van der Waals surface area contributed by atoms with Crippen LogP contribution in [0.3, 0.4) is 0 Å². The highest BCUT2D eigenvalue weighted by Gasteiger charge is 2.32. The number of nitrogens with zero attached hydrogens (tertiary/aromatic N) is 1. The molecule has 140 valence electrons. The molecule has 1 N–H and O–H groups in total. The zero-order valence-electron chi connectivity index (χ0n) is 15.3. The zero-order valence-corrected chi connectivity index (χ0v) is 17.4. The van der Waals surface area contributed by atoms with Crippen LogP contribution in [0, 0.1) is 10.5 Å². The Kier molecular flexibility index (Phi) is 6.15. The Morgan fingerprint density at radius 2 is 2.00 bits per heavy atom. The number of imide groups is 1. The molecule has 1 aliphatic rings. The SMILES string of the molecule is CCCN1C(=O)N/C(=C/c2ccc(OCc3cccc(C)c3)c(I)c2)C1=O. The summed E-state index contributed by atoms with van der Waals surface area (Å²) in [6, 6.07) is 13.5. The maximum absolute atomic E-state index is 12.3. The molecule has 0 radical (unpaired) electrons. The molecule has 0 spiro atoms. The number of aryl methyl sites for hydroxylation is 1. The Morgan fingerprint density at radius 1 is 1.19 bits per heavy atom. The average Bonchev–Trinajstić information content (AvgIpc) is 2.89. The summed E-state index contributed by atoms with van der Waals surface area (Å²) in [4.78, 5) is 25.4. The number of halogens is 1. The summed E-state index contributed by atoms with van der Waals surface area (Å²) in [6.45, 7) is 4.91. The Bertz CT molecular complexity index is 908. The molecule has 2 aromatic rings. The molecule has 3 rings (SSSR count). The van der Waals surface area contributed by atoms with Crippen LogP contribution >= 0.6 is 22.6 Å². The molecule has 6 heteroatoms. The molecule has 0 aliphatic carbocycles. The van der Waals surface area contributed by atoms with Gasteiger partial charge in [0.15, 0.2) is 0 Å². The first-order chi connectivity index (χ1) is 13.0. The van der Waals surface area contributed by atoms with E-state index < -0.39 is 0 Å². The number of hydrogen-bond donors (Lipinski definition) is 1. The highest BCUT2D eigenvalue weighted by molar-refractivity contribution is 14.1. The lowest BCUT2D eigenvalue weighted by Crippen LogP contribution is -2.31. The molecule has 1 aliphatic heterocycles. The predicted octanol–water partition coefficient (Wildman–Crippen LogP) is 4.48. The van der Waals surface area contributed by atoms with E-state index in [1.165, 1.54) is 10.5 Å². The van der Waals surface area contributed by atoms with Crippen molar-refractivity contribution < 1.29 is 14.3 Å². The number of carbonyl (C=O) groups excluding carboxylic acids is 2. The molecule has 5 nitrogen and oxygen atoms in total. The van der Waals surface area contributed by atoms with E-state index in [0.717, 1.165) is 26.9 Å². The number of benzene rings is 2. The summed E-state index contributed by atoms with van der Waals surface area (Å²) in [7, 11) is 0. The first kappa shape index (κ1) is 19.4. The van der Waals surface area contributed by atoms with E-state index in [1.807, 2.05) is 37.3 Å². The molecular formula is C21H21IN2O3. The van der Waals surface area contributed by atoms with Crippen LogP contribution in [0.5, 0.6) is 5.75 Å². The van der Waals surface area contributed by atoms with Gasteiger partial charge in [0.1, 0.15) is 18.1 Å². The molecule has 1 saturated heterocycles. The number of carbonyl (C=O) groups is 2. The van der Waals surface area contributed by atoms with Crippen molar-refractivity contribution in [2.24, 2.45) is 0 Å². The van der Waals surface area contributed by atoms with E-state index >= 15 is 0 Å². The van der Waals surface area contributed by atoms with E-state index in [0.29, 0.717) is 18.8 Å². The van der Waals surface area contributed by atoms with Gasteiger partial charge in [-0.3, -0.25) is 9.69 Å². The van der Waals surface area contributed by atoms with Crippen molar-refractivity contribution in [3.8, 4) is 5.75 Å². The van der Waals surface area contributed by atoms with Crippen molar-refractivity contribution in [1.82, 2.24) is 10.2 Å². The Balaban J connectivity index is 1.71. The number of ether oxygens (including phenoxy) is 1. The van der Waals surface area contributed by atoms with Crippen molar-refractivity contribution in [3.63, 3.8) is 0 Å². The van der Waals surface area contributed by atoms with E-state index in [9.17, 15) is 9.59 Å². The lowest BCUT2D eigenvalue weighted by Gasteiger charge is -2.10. The number of nitrogens with one attached hydrogen (secondary N) is 1. The van der Waals surface area contributed by atoms with Crippen molar-refractivity contribution in [2.75, 3.05) is 6.54 Å². The predicted molar refractivity (Wildman–Crippen MR) is 113 cm³/mol. The average molecular weight is 476 g/mol. The Labute approximate surface area is 172 Å². The van der Waals surface area contributed by atoms with Gasteiger partial charge in [-0.25, -0.2) is 4.79 Å². The third-order valence-electron chi connectivity index (χ3n) is 4.15. The van der Waals surface area contributed by atoms with Crippen molar-refractivity contribution in [1.29, 1.82) is 0 Å². The summed E-state index contributed by atoms with van der Waals surface area (Å²) in [6.07, 6.45) is 2.43. The third-order valence-corrected chi connectivity index (χ3v) is 5.00. The molecule has 1 heterocycles. The fraction of sp³-hybridized carbons (Fsp3) is 0.238. The summed E-state index contributed by atoms with van der Waals surface area (Å²) in [5.41, 5.74) is 3.46. The minimum absolute atomic E-state index is 0.281. The van der Waals surface area contributed by atoms with Gasteiger partial charge in [-0.2, -0.15) is 0 Å². The second kappa shape index (κ2) is 8.56. The second-order valence-corrected chi connectivity index (χ2v) is 7.57. The summed E-state index contributed by atoms with van der Waals surface area (Å²) >= 11 is 2.21. The van der Waals surface area contributed by atoms with Crippen molar-refractivity contribution >= 4 is 40.6 Å². The normalized spacial score (nSPS) is 15.4. The van der Waals surface area contributed by atoms with Gasteiger partial charge in [0.05, 0.1) is 3.57 Å². The van der Waals surface area contributed by atoms with Gasteiger partial charge >= 0.3 is 6.03 Å². The van der Waals surface area contributed by atoms with Crippen LogP contribution in [0.4, 0.5) is 4.79 Å². The number of urea groups is 1. The molecule has 0 bridgehead atoms. The highest BCUT2D eigenvalue weighted by Crippen LogP contribution is 2.25. The van der Waals surface area contributed by atoms with Crippen LogP contribution in [-0.2, 0) is 11.4 Å². The molecule has 0 saturated carbocycles. The van der Waals surface area contributed by atoms with Gasteiger partial charge in [0, 0.05) is 6.54 Å². The first-order valence-corrected chi connectivity index (χ1v) is 9.88. The van der Waals surface area contributed by atoms with Crippen LogP contribution in [0.15, 0.2) is 48.2 Å². The number of hydrogen-bond acceptors (Lipinski definition) is 3. The highest BCUT2D eigenvalue weighted by atomic mass is 127. The monoisotopic (exact) mass is 476 g/mol. The molecule has 0 aromatic heterocycles. The molecule has 1 fully saturated rings. The second-order valence-electron chi connectivity index (χ2n) is 6.41. The fourth-order valence-corrected chi connectivity index (χ4v) is 3.55. The molecule has 2 aromatic carbocycles. The van der Waals surface area contributed by atoms with Crippen LogP contribution < -0.4 is 10.1 Å². The minimum Gasteiger partial charge on any atom is -0.488 e. The molecular weight excluding hydrogens is 455 g/mol. The topological polar surface area (TPSA) is 58.6 Å². The molecule has 0 unspecified atom stereocenters. The third kappa shape index (κ3) is 4.68. The molecule has 3 amide bonds. The maximum Gasteiger partial charge on any atom is 0.329 e. The van der Waals surface area contributed by atoms with Gasteiger partial charge in [-0.05, 0) is 65.3 Å². The van der Waals surface area contributed by atoms with Gasteiger partial charge in [-0.1, -0.05) is 42.8 Å². The van der Waals surface area contributed by atoms with Gasteiger partial charge in [0.25, 0.3) is 5.91 Å². The van der Waals surface area contributed by atoms with E-state index in [-0.39, 0.29) is 11.9 Å².